The van der Waals surface area contributed by atoms with Crippen LogP contribution in [0.4, 0.5) is 0 Å². The van der Waals surface area contributed by atoms with Crippen LogP contribution in [0.5, 0.6) is 0 Å². The number of nitrogens with zero attached hydrogens (tertiary/aromatic N) is 1. The largest absolute Gasteiger partial charge is 0.381 e. The first-order valence-corrected chi connectivity index (χ1v) is 6.85. The fourth-order valence-electron chi connectivity index (χ4n) is 2.36. The highest BCUT2D eigenvalue weighted by Gasteiger charge is 2.25. The van der Waals surface area contributed by atoms with Gasteiger partial charge in [-0.05, 0) is 26.9 Å². The van der Waals surface area contributed by atoms with Gasteiger partial charge in [0.05, 0.1) is 13.2 Å². The van der Waals surface area contributed by atoms with Crippen molar-refractivity contribution in [2.75, 3.05) is 53.1 Å². The maximum Gasteiger partial charge on any atom is 0.0593 e. The van der Waals surface area contributed by atoms with Gasteiger partial charge in [-0.1, -0.05) is 6.92 Å². The fourth-order valence-corrected chi connectivity index (χ4v) is 2.36. The SMILES string of the molecule is CCNC1CCOCC1CN(C)CCOCC. The molecule has 1 aliphatic rings. The second-order valence-electron chi connectivity index (χ2n) is 4.75. The molecule has 1 N–H and O–H groups in total. The molecule has 0 aliphatic carbocycles. The first kappa shape index (κ1) is 14.9. The van der Waals surface area contributed by atoms with E-state index in [2.05, 4.69) is 24.2 Å². The number of rotatable bonds is 8. The zero-order chi connectivity index (χ0) is 12.5. The molecular weight excluding hydrogens is 216 g/mol. The second kappa shape index (κ2) is 8.86. The molecule has 1 heterocycles. The summed E-state index contributed by atoms with van der Waals surface area (Å²) in [7, 11) is 2.16. The monoisotopic (exact) mass is 244 g/mol. The Morgan fingerprint density at radius 1 is 1.41 bits per heavy atom. The molecule has 0 spiro atoms. The number of likely N-dealkylation sites (N-methyl/N-ethyl adjacent to an activating group) is 1. The molecule has 4 nitrogen and oxygen atoms in total. The lowest BCUT2D eigenvalue weighted by Gasteiger charge is -2.34. The highest BCUT2D eigenvalue weighted by atomic mass is 16.5. The van der Waals surface area contributed by atoms with Gasteiger partial charge in [0, 0.05) is 38.3 Å². The van der Waals surface area contributed by atoms with Crippen LogP contribution in [-0.2, 0) is 9.47 Å². The Kier molecular flexibility index (Phi) is 7.77. The van der Waals surface area contributed by atoms with Crippen LogP contribution in [0.3, 0.4) is 0 Å². The molecule has 2 atom stereocenters. The Hall–Kier alpha value is -0.160. The molecule has 1 saturated heterocycles. The summed E-state index contributed by atoms with van der Waals surface area (Å²) in [6.45, 7) is 10.8. The summed E-state index contributed by atoms with van der Waals surface area (Å²) in [5, 5.41) is 3.57. The van der Waals surface area contributed by atoms with Gasteiger partial charge in [0.2, 0.25) is 0 Å². The predicted octanol–water partition coefficient (Wildman–Crippen LogP) is 0.969. The highest BCUT2D eigenvalue weighted by molar-refractivity contribution is 4.81. The third kappa shape index (κ3) is 5.82. The van der Waals surface area contributed by atoms with Crippen molar-refractivity contribution in [2.45, 2.75) is 26.3 Å². The van der Waals surface area contributed by atoms with Gasteiger partial charge in [-0.15, -0.1) is 0 Å². The minimum Gasteiger partial charge on any atom is -0.381 e. The summed E-state index contributed by atoms with van der Waals surface area (Å²) in [4.78, 5) is 2.35. The molecule has 4 heteroatoms. The molecule has 0 aromatic carbocycles. The third-order valence-electron chi connectivity index (χ3n) is 3.31. The number of ether oxygens (including phenoxy) is 2. The van der Waals surface area contributed by atoms with E-state index in [-0.39, 0.29) is 0 Å². The van der Waals surface area contributed by atoms with E-state index in [4.69, 9.17) is 9.47 Å². The van der Waals surface area contributed by atoms with E-state index in [0.29, 0.717) is 12.0 Å². The lowest BCUT2D eigenvalue weighted by Crippen LogP contribution is -2.47. The topological polar surface area (TPSA) is 33.7 Å². The quantitative estimate of drug-likeness (QED) is 0.645. The minimum atomic E-state index is 0.607. The van der Waals surface area contributed by atoms with E-state index in [1.165, 1.54) is 0 Å². The number of nitrogens with one attached hydrogen (secondary N) is 1. The molecule has 0 saturated carbocycles. The lowest BCUT2D eigenvalue weighted by molar-refractivity contribution is 0.0164. The van der Waals surface area contributed by atoms with Crippen LogP contribution in [0, 0.1) is 5.92 Å². The van der Waals surface area contributed by atoms with Gasteiger partial charge in [-0.25, -0.2) is 0 Å². The minimum absolute atomic E-state index is 0.607. The van der Waals surface area contributed by atoms with E-state index >= 15 is 0 Å². The Balaban J connectivity index is 2.25. The summed E-state index contributed by atoms with van der Waals surface area (Å²) >= 11 is 0. The molecule has 0 aromatic rings. The van der Waals surface area contributed by atoms with Crippen molar-refractivity contribution < 1.29 is 9.47 Å². The van der Waals surface area contributed by atoms with Crippen LogP contribution in [-0.4, -0.2) is 64.1 Å². The standard InChI is InChI=1S/C13H28N2O2/c1-4-14-13-6-8-17-11-12(13)10-15(3)7-9-16-5-2/h12-14H,4-11H2,1-3H3. The van der Waals surface area contributed by atoms with Crippen LogP contribution in [0.15, 0.2) is 0 Å². The fraction of sp³-hybridized carbons (Fsp3) is 1.00. The zero-order valence-corrected chi connectivity index (χ0v) is 11.6. The van der Waals surface area contributed by atoms with E-state index in [0.717, 1.165) is 52.5 Å². The van der Waals surface area contributed by atoms with Crippen molar-refractivity contribution in [3.63, 3.8) is 0 Å². The van der Waals surface area contributed by atoms with E-state index < -0.39 is 0 Å². The highest BCUT2D eigenvalue weighted by Crippen LogP contribution is 2.15. The van der Waals surface area contributed by atoms with Crippen LogP contribution in [0.25, 0.3) is 0 Å². The van der Waals surface area contributed by atoms with Gasteiger partial charge < -0.3 is 19.7 Å². The number of hydrogen-bond donors (Lipinski definition) is 1. The van der Waals surface area contributed by atoms with E-state index in [1.807, 2.05) is 6.92 Å². The maximum absolute atomic E-state index is 5.59. The summed E-state index contributed by atoms with van der Waals surface area (Å²) < 4.78 is 11.0. The Morgan fingerprint density at radius 3 is 2.94 bits per heavy atom. The first-order valence-electron chi connectivity index (χ1n) is 6.85. The van der Waals surface area contributed by atoms with Crippen LogP contribution < -0.4 is 5.32 Å². The summed E-state index contributed by atoms with van der Waals surface area (Å²) in [6.07, 6.45) is 1.14. The maximum atomic E-state index is 5.59. The molecule has 1 rings (SSSR count). The molecule has 1 aliphatic heterocycles. The Bertz CT molecular complexity index is 188. The molecule has 17 heavy (non-hydrogen) atoms. The van der Waals surface area contributed by atoms with Crippen molar-refractivity contribution in [3.05, 3.63) is 0 Å². The Morgan fingerprint density at radius 2 is 2.24 bits per heavy atom. The lowest BCUT2D eigenvalue weighted by atomic mass is 9.95. The zero-order valence-electron chi connectivity index (χ0n) is 11.6. The summed E-state index contributed by atoms with van der Waals surface area (Å²) in [5.41, 5.74) is 0. The van der Waals surface area contributed by atoms with Gasteiger partial charge >= 0.3 is 0 Å². The molecule has 0 amide bonds. The average molecular weight is 244 g/mol. The van der Waals surface area contributed by atoms with Gasteiger partial charge in [-0.3, -0.25) is 0 Å². The van der Waals surface area contributed by atoms with Crippen molar-refractivity contribution in [1.29, 1.82) is 0 Å². The van der Waals surface area contributed by atoms with Gasteiger partial charge in [-0.2, -0.15) is 0 Å². The van der Waals surface area contributed by atoms with Crippen molar-refractivity contribution in [2.24, 2.45) is 5.92 Å². The smallest absolute Gasteiger partial charge is 0.0593 e. The van der Waals surface area contributed by atoms with Crippen molar-refractivity contribution in [1.82, 2.24) is 10.2 Å². The predicted molar refractivity (Wildman–Crippen MR) is 70.4 cm³/mol. The first-order chi connectivity index (χ1) is 8.27. The van der Waals surface area contributed by atoms with Crippen molar-refractivity contribution >= 4 is 0 Å². The van der Waals surface area contributed by atoms with Gasteiger partial charge in [0.15, 0.2) is 0 Å². The van der Waals surface area contributed by atoms with Gasteiger partial charge in [0.25, 0.3) is 0 Å². The van der Waals surface area contributed by atoms with Crippen LogP contribution in [0.1, 0.15) is 20.3 Å². The van der Waals surface area contributed by atoms with Gasteiger partial charge in [0.1, 0.15) is 0 Å². The third-order valence-corrected chi connectivity index (χ3v) is 3.31. The molecule has 1 fully saturated rings. The molecule has 102 valence electrons. The van der Waals surface area contributed by atoms with E-state index in [1.54, 1.807) is 0 Å². The van der Waals surface area contributed by atoms with Crippen LogP contribution in [0.2, 0.25) is 0 Å². The molecule has 0 bridgehead atoms. The normalized spacial score (nSPS) is 25.4. The average Bonchev–Trinajstić information content (AvgIpc) is 2.32. The van der Waals surface area contributed by atoms with E-state index in [9.17, 15) is 0 Å². The second-order valence-corrected chi connectivity index (χ2v) is 4.75. The van der Waals surface area contributed by atoms with Crippen molar-refractivity contribution in [3.8, 4) is 0 Å². The molecular formula is C13H28N2O2. The summed E-state index contributed by atoms with van der Waals surface area (Å²) in [5.74, 6) is 0.607. The number of hydrogen-bond acceptors (Lipinski definition) is 4. The Labute approximate surface area is 106 Å². The molecule has 2 unspecified atom stereocenters. The summed E-state index contributed by atoms with van der Waals surface area (Å²) in [6, 6.07) is 0.614. The molecule has 0 radical (unpaired) electrons. The van der Waals surface area contributed by atoms with Crippen LogP contribution >= 0.6 is 0 Å². The molecule has 0 aromatic heterocycles.